The number of amides is 3. The van der Waals surface area contributed by atoms with Crippen molar-refractivity contribution in [1.29, 1.82) is 0 Å². The zero-order chi connectivity index (χ0) is 27.9. The Kier molecular flexibility index (Phi) is 8.79. The van der Waals surface area contributed by atoms with E-state index in [-0.39, 0.29) is 35.5 Å². The van der Waals surface area contributed by atoms with Crippen molar-refractivity contribution in [3.63, 3.8) is 0 Å². The predicted octanol–water partition coefficient (Wildman–Crippen LogP) is 4.04. The molecule has 0 unspecified atom stereocenters. The zero-order valence-corrected chi connectivity index (χ0v) is 21.5. The maximum Gasteiger partial charge on any atom is 0.407 e. The van der Waals surface area contributed by atoms with E-state index in [4.69, 9.17) is 10.5 Å². The number of hydrogen-bond donors (Lipinski definition) is 5. The van der Waals surface area contributed by atoms with Gasteiger partial charge in [-0.1, -0.05) is 12.1 Å². The van der Waals surface area contributed by atoms with Crippen molar-refractivity contribution in [3.8, 4) is 0 Å². The topological polar surface area (TPSA) is 160 Å². The number of nitrogens with two attached hydrogens (primary N) is 1. The molecule has 0 saturated heterocycles. The molecule has 200 valence electrons. The smallest absolute Gasteiger partial charge is 0.407 e. The number of aromatic nitrogens is 2. The summed E-state index contributed by atoms with van der Waals surface area (Å²) < 4.78 is 18.7. The Balaban J connectivity index is 1.71. The van der Waals surface area contributed by atoms with Crippen molar-refractivity contribution in [3.05, 3.63) is 71.7 Å². The first-order valence-corrected chi connectivity index (χ1v) is 11.7. The van der Waals surface area contributed by atoms with Crippen LogP contribution < -0.4 is 27.0 Å². The lowest BCUT2D eigenvalue weighted by atomic mass is 10.1. The molecular formula is C26H30FN7O4. The minimum atomic E-state index is -0.751. The summed E-state index contributed by atoms with van der Waals surface area (Å²) in [5, 5.41) is 11.3. The molecule has 0 aliphatic rings. The van der Waals surface area contributed by atoms with E-state index in [0.717, 1.165) is 0 Å². The number of nitrogens with zero attached hydrogens (tertiary/aromatic N) is 2. The highest BCUT2D eigenvalue weighted by atomic mass is 19.1. The third-order valence-corrected chi connectivity index (χ3v) is 4.85. The summed E-state index contributed by atoms with van der Waals surface area (Å²) in [7, 11) is 0. The lowest BCUT2D eigenvalue weighted by Crippen LogP contribution is -2.41. The number of carbonyl (C=O) groups excluding carboxylic acids is 3. The minimum Gasteiger partial charge on any atom is -0.444 e. The van der Waals surface area contributed by atoms with E-state index in [1.165, 1.54) is 24.4 Å². The van der Waals surface area contributed by atoms with Gasteiger partial charge >= 0.3 is 6.09 Å². The fourth-order valence-corrected chi connectivity index (χ4v) is 3.19. The second-order valence-corrected chi connectivity index (χ2v) is 9.42. The molecule has 0 bridgehead atoms. The van der Waals surface area contributed by atoms with Gasteiger partial charge in [-0.05, 0) is 64.1 Å². The van der Waals surface area contributed by atoms with Gasteiger partial charge in [-0.15, -0.1) is 0 Å². The Bertz CT molecular complexity index is 1330. The van der Waals surface area contributed by atoms with Crippen molar-refractivity contribution in [2.45, 2.75) is 39.3 Å². The summed E-state index contributed by atoms with van der Waals surface area (Å²) in [5.41, 5.74) is 5.94. The highest BCUT2D eigenvalue weighted by Crippen LogP contribution is 2.21. The van der Waals surface area contributed by atoms with Crippen LogP contribution in [0.5, 0.6) is 0 Å². The van der Waals surface area contributed by atoms with E-state index < -0.39 is 29.3 Å². The minimum absolute atomic E-state index is 0.0325. The first kappa shape index (κ1) is 27.8. The first-order chi connectivity index (χ1) is 17.9. The summed E-state index contributed by atoms with van der Waals surface area (Å²) in [4.78, 5) is 45.0. The largest absolute Gasteiger partial charge is 0.444 e. The monoisotopic (exact) mass is 523 g/mol. The molecule has 0 spiro atoms. The summed E-state index contributed by atoms with van der Waals surface area (Å²) in [5.74, 6) is -1.38. The maximum absolute atomic E-state index is 13.4. The third-order valence-electron chi connectivity index (χ3n) is 4.85. The Morgan fingerprint density at radius 3 is 2.47 bits per heavy atom. The molecule has 0 fully saturated rings. The summed E-state index contributed by atoms with van der Waals surface area (Å²) >= 11 is 0. The predicted molar refractivity (Wildman–Crippen MR) is 142 cm³/mol. The molecule has 11 nitrogen and oxygen atoms in total. The molecule has 6 N–H and O–H groups in total. The fourth-order valence-electron chi connectivity index (χ4n) is 3.19. The van der Waals surface area contributed by atoms with E-state index in [0.29, 0.717) is 11.4 Å². The van der Waals surface area contributed by atoms with Gasteiger partial charge < -0.3 is 31.7 Å². The van der Waals surface area contributed by atoms with Gasteiger partial charge in [0.1, 0.15) is 22.8 Å². The van der Waals surface area contributed by atoms with Gasteiger partial charge in [0.15, 0.2) is 0 Å². The van der Waals surface area contributed by atoms with Crippen LogP contribution in [0, 0.1) is 5.82 Å². The highest BCUT2D eigenvalue weighted by molar-refractivity contribution is 6.05. The molecule has 0 aliphatic carbocycles. The molecule has 3 rings (SSSR count). The molecule has 2 aromatic carbocycles. The second kappa shape index (κ2) is 12.0. The summed E-state index contributed by atoms with van der Waals surface area (Å²) in [6.45, 7) is 7.35. The molecule has 12 heteroatoms. The van der Waals surface area contributed by atoms with Crippen LogP contribution in [0.15, 0.2) is 54.7 Å². The van der Waals surface area contributed by atoms with Crippen LogP contribution in [-0.2, 0) is 4.74 Å². The van der Waals surface area contributed by atoms with E-state index in [1.54, 1.807) is 58.0 Å². The molecule has 1 aromatic heterocycles. The molecule has 3 amide bonds. The SMILES string of the molecule is C[C@@H](CNc1ncc(C(N)=O)c(Nc2cccc(C(=O)Nc3cccc(F)c3)c2)n1)NC(=O)OC(C)(C)C. The fraction of sp³-hybridized carbons (Fsp3) is 0.269. The van der Waals surface area contributed by atoms with Gasteiger partial charge in [0.2, 0.25) is 5.95 Å². The number of anilines is 4. The van der Waals surface area contributed by atoms with E-state index >= 15 is 0 Å². The number of nitrogens with one attached hydrogen (secondary N) is 4. The Hall–Kier alpha value is -4.74. The zero-order valence-electron chi connectivity index (χ0n) is 21.5. The van der Waals surface area contributed by atoms with Crippen LogP contribution in [0.4, 0.5) is 32.3 Å². The number of rotatable bonds is 9. The summed E-state index contributed by atoms with van der Waals surface area (Å²) in [6.07, 6.45) is 0.715. The average Bonchev–Trinajstić information content (AvgIpc) is 2.81. The molecule has 0 aliphatic heterocycles. The summed E-state index contributed by atoms with van der Waals surface area (Å²) in [6, 6.07) is 11.7. The number of alkyl carbamates (subject to hydrolysis) is 1. The van der Waals surface area contributed by atoms with Gasteiger partial charge in [-0.25, -0.2) is 14.2 Å². The highest BCUT2D eigenvalue weighted by Gasteiger charge is 2.18. The number of primary amides is 1. The van der Waals surface area contributed by atoms with Gasteiger partial charge in [0, 0.05) is 35.7 Å². The van der Waals surface area contributed by atoms with Crippen molar-refractivity contribution in [2.75, 3.05) is 22.5 Å². The van der Waals surface area contributed by atoms with Crippen molar-refractivity contribution >= 4 is 41.0 Å². The quantitative estimate of drug-likeness (QED) is 0.281. The van der Waals surface area contributed by atoms with E-state index in [9.17, 15) is 18.8 Å². The van der Waals surface area contributed by atoms with E-state index in [2.05, 4.69) is 31.2 Å². The lowest BCUT2D eigenvalue weighted by Gasteiger charge is -2.22. The third kappa shape index (κ3) is 8.43. The number of ether oxygens (including phenoxy) is 1. The lowest BCUT2D eigenvalue weighted by molar-refractivity contribution is 0.0510. The van der Waals surface area contributed by atoms with Crippen LogP contribution in [0.3, 0.4) is 0 Å². The molecule has 3 aromatic rings. The first-order valence-electron chi connectivity index (χ1n) is 11.7. The standard InChI is InChI=1S/C26H30FN7O4/c1-15(31-25(37)38-26(2,3)4)13-29-24-30-14-20(21(28)35)22(34-24)32-18-9-5-7-16(11-18)23(36)33-19-10-6-8-17(27)12-19/h5-12,14-15H,13H2,1-4H3,(H2,28,35)(H,31,37)(H,33,36)(H2,29,30,32,34)/t15-/m0/s1. The van der Waals surface area contributed by atoms with Crippen molar-refractivity contribution < 1.29 is 23.5 Å². The molecular weight excluding hydrogens is 493 g/mol. The van der Waals surface area contributed by atoms with Gasteiger partial charge in [-0.3, -0.25) is 9.59 Å². The second-order valence-electron chi connectivity index (χ2n) is 9.42. The number of carbonyl (C=O) groups is 3. The van der Waals surface area contributed by atoms with Crippen LogP contribution in [0.2, 0.25) is 0 Å². The van der Waals surface area contributed by atoms with Crippen LogP contribution in [0.1, 0.15) is 48.4 Å². The number of halogens is 1. The molecule has 0 radical (unpaired) electrons. The molecule has 0 saturated carbocycles. The normalized spacial score (nSPS) is 11.7. The van der Waals surface area contributed by atoms with Gasteiger partial charge in [0.05, 0.1) is 0 Å². The van der Waals surface area contributed by atoms with Crippen LogP contribution >= 0.6 is 0 Å². The van der Waals surface area contributed by atoms with Crippen molar-refractivity contribution in [1.82, 2.24) is 15.3 Å². The molecule has 38 heavy (non-hydrogen) atoms. The Labute approximate surface area is 219 Å². The Morgan fingerprint density at radius 1 is 1.08 bits per heavy atom. The van der Waals surface area contributed by atoms with Crippen LogP contribution in [-0.4, -0.2) is 46.1 Å². The van der Waals surface area contributed by atoms with Crippen LogP contribution in [0.25, 0.3) is 0 Å². The van der Waals surface area contributed by atoms with Crippen molar-refractivity contribution in [2.24, 2.45) is 5.73 Å². The Morgan fingerprint density at radius 2 is 1.79 bits per heavy atom. The van der Waals surface area contributed by atoms with E-state index in [1.807, 2.05) is 0 Å². The van der Waals surface area contributed by atoms with Gasteiger partial charge in [0.25, 0.3) is 11.8 Å². The maximum atomic E-state index is 13.4. The number of benzene rings is 2. The molecule has 1 atom stereocenters. The number of hydrogen-bond acceptors (Lipinski definition) is 8. The average molecular weight is 524 g/mol. The molecule has 1 heterocycles. The van der Waals surface area contributed by atoms with Gasteiger partial charge in [-0.2, -0.15) is 4.98 Å².